The van der Waals surface area contributed by atoms with Crippen LogP contribution in [0.25, 0.3) is 0 Å². The second kappa shape index (κ2) is 7.22. The number of para-hydroxylation sites is 1. The lowest BCUT2D eigenvalue weighted by Crippen LogP contribution is -2.16. The molecule has 1 heterocycles. The molecule has 3 rings (SSSR count). The molecule has 8 heteroatoms. The van der Waals surface area contributed by atoms with Gasteiger partial charge in [0.25, 0.3) is 5.91 Å². The lowest BCUT2D eigenvalue weighted by Gasteiger charge is -2.10. The Bertz CT molecular complexity index is 978. The summed E-state index contributed by atoms with van der Waals surface area (Å²) in [7, 11) is 0. The summed E-state index contributed by atoms with van der Waals surface area (Å²) < 4.78 is 40.4. The van der Waals surface area contributed by atoms with Crippen LogP contribution in [0, 0.1) is 24.4 Å². The molecular weight excluding hydrogens is 345 g/mol. The Labute approximate surface area is 146 Å². The van der Waals surface area contributed by atoms with E-state index in [9.17, 15) is 18.0 Å². The van der Waals surface area contributed by atoms with Gasteiger partial charge in [0, 0.05) is 11.8 Å². The second-order valence-corrected chi connectivity index (χ2v) is 5.40. The quantitative estimate of drug-likeness (QED) is 0.734. The van der Waals surface area contributed by atoms with Gasteiger partial charge < -0.3 is 10.6 Å². The molecule has 0 aliphatic heterocycles. The molecule has 0 radical (unpaired) electrons. The Morgan fingerprint density at radius 2 is 1.69 bits per heavy atom. The number of halogens is 3. The third-order valence-electron chi connectivity index (χ3n) is 3.39. The Morgan fingerprint density at radius 3 is 2.42 bits per heavy atom. The highest BCUT2D eigenvalue weighted by Gasteiger charge is 2.14. The number of nitrogens with one attached hydrogen (secondary N) is 2. The number of rotatable bonds is 4. The fourth-order valence-corrected chi connectivity index (χ4v) is 2.20. The smallest absolute Gasteiger partial charge is 0.274 e. The third kappa shape index (κ3) is 3.97. The molecule has 0 bridgehead atoms. The van der Waals surface area contributed by atoms with Crippen molar-refractivity contribution in [1.82, 2.24) is 9.97 Å². The molecular formula is C18H13F3N4O. The van der Waals surface area contributed by atoms with Crippen LogP contribution in [0.4, 0.5) is 30.5 Å². The average Bonchev–Trinajstić information content (AvgIpc) is 2.59. The van der Waals surface area contributed by atoms with Gasteiger partial charge in [-0.25, -0.2) is 23.1 Å². The predicted octanol–water partition coefficient (Wildman–Crippen LogP) is 4.20. The average molecular weight is 358 g/mol. The number of hydrogen-bond acceptors (Lipinski definition) is 4. The first-order valence-corrected chi connectivity index (χ1v) is 7.56. The van der Waals surface area contributed by atoms with Crippen molar-refractivity contribution in [2.24, 2.45) is 0 Å². The van der Waals surface area contributed by atoms with Crippen LogP contribution in [0.5, 0.6) is 0 Å². The zero-order valence-corrected chi connectivity index (χ0v) is 13.6. The van der Waals surface area contributed by atoms with Gasteiger partial charge in [-0.1, -0.05) is 12.1 Å². The number of hydrogen-bond donors (Lipinski definition) is 2. The van der Waals surface area contributed by atoms with E-state index in [-0.39, 0.29) is 23.0 Å². The summed E-state index contributed by atoms with van der Waals surface area (Å²) in [5, 5.41) is 5.00. The molecule has 2 aromatic carbocycles. The number of amides is 1. The fraction of sp³-hybridized carbons (Fsp3) is 0.0556. The van der Waals surface area contributed by atoms with Gasteiger partial charge in [-0.3, -0.25) is 4.79 Å². The van der Waals surface area contributed by atoms with E-state index in [2.05, 4.69) is 20.6 Å². The first-order valence-electron chi connectivity index (χ1n) is 7.56. The molecule has 26 heavy (non-hydrogen) atoms. The van der Waals surface area contributed by atoms with E-state index in [1.165, 1.54) is 30.3 Å². The molecule has 0 saturated heterocycles. The summed E-state index contributed by atoms with van der Waals surface area (Å²) in [6, 6.07) is 10.1. The SMILES string of the molecule is Cc1cc(C(=O)Nc2ccccc2F)nc(Nc2ccc(F)cc2F)n1. The van der Waals surface area contributed by atoms with Gasteiger partial charge in [0.1, 0.15) is 23.1 Å². The number of aromatic nitrogens is 2. The maximum atomic E-state index is 13.7. The van der Waals surface area contributed by atoms with E-state index in [0.29, 0.717) is 11.8 Å². The predicted molar refractivity (Wildman–Crippen MR) is 90.8 cm³/mol. The number of benzene rings is 2. The van der Waals surface area contributed by atoms with Crippen molar-refractivity contribution in [2.75, 3.05) is 10.6 Å². The number of carbonyl (C=O) groups is 1. The number of carbonyl (C=O) groups excluding carboxylic acids is 1. The molecule has 1 aromatic heterocycles. The Morgan fingerprint density at radius 1 is 0.923 bits per heavy atom. The first kappa shape index (κ1) is 17.4. The molecule has 2 N–H and O–H groups in total. The van der Waals surface area contributed by atoms with Crippen LogP contribution in [-0.4, -0.2) is 15.9 Å². The summed E-state index contributed by atoms with van der Waals surface area (Å²) in [6.07, 6.45) is 0. The summed E-state index contributed by atoms with van der Waals surface area (Å²) in [5.41, 5.74) is 0.361. The Balaban J connectivity index is 1.85. The summed E-state index contributed by atoms with van der Waals surface area (Å²) >= 11 is 0. The molecule has 0 atom stereocenters. The van der Waals surface area contributed by atoms with Crippen LogP contribution < -0.4 is 10.6 Å². The molecule has 1 amide bonds. The molecule has 0 aliphatic carbocycles. The van der Waals surface area contributed by atoms with Crippen molar-refractivity contribution < 1.29 is 18.0 Å². The van der Waals surface area contributed by atoms with Crippen LogP contribution >= 0.6 is 0 Å². The Kier molecular flexibility index (Phi) is 4.83. The largest absolute Gasteiger partial charge is 0.322 e. The van der Waals surface area contributed by atoms with Crippen molar-refractivity contribution in [2.45, 2.75) is 6.92 Å². The number of aryl methyl sites for hydroxylation is 1. The van der Waals surface area contributed by atoms with Crippen LogP contribution in [0.15, 0.2) is 48.5 Å². The third-order valence-corrected chi connectivity index (χ3v) is 3.39. The monoisotopic (exact) mass is 358 g/mol. The van der Waals surface area contributed by atoms with E-state index in [1.807, 2.05) is 0 Å². The highest BCUT2D eigenvalue weighted by Crippen LogP contribution is 2.19. The first-order chi connectivity index (χ1) is 12.4. The van der Waals surface area contributed by atoms with Crippen molar-refractivity contribution in [3.8, 4) is 0 Å². The van der Waals surface area contributed by atoms with Crippen LogP contribution in [0.3, 0.4) is 0 Å². The summed E-state index contributed by atoms with van der Waals surface area (Å²) in [6.45, 7) is 1.62. The van der Waals surface area contributed by atoms with Gasteiger partial charge in [-0.2, -0.15) is 0 Å². The maximum absolute atomic E-state index is 13.7. The second-order valence-electron chi connectivity index (χ2n) is 5.40. The zero-order chi connectivity index (χ0) is 18.7. The maximum Gasteiger partial charge on any atom is 0.274 e. The molecule has 0 aliphatic rings. The molecule has 0 fully saturated rings. The van der Waals surface area contributed by atoms with Crippen molar-refractivity contribution in [1.29, 1.82) is 0 Å². The van der Waals surface area contributed by atoms with E-state index in [1.54, 1.807) is 13.0 Å². The highest BCUT2D eigenvalue weighted by atomic mass is 19.1. The van der Waals surface area contributed by atoms with E-state index in [0.717, 1.165) is 6.07 Å². The molecule has 0 unspecified atom stereocenters. The van der Waals surface area contributed by atoms with Crippen molar-refractivity contribution in [3.05, 3.63) is 77.4 Å². The molecule has 0 saturated carbocycles. The number of nitrogens with zero attached hydrogens (tertiary/aromatic N) is 2. The van der Waals surface area contributed by atoms with E-state index in [4.69, 9.17) is 0 Å². The molecule has 3 aromatic rings. The molecule has 5 nitrogen and oxygen atoms in total. The van der Waals surface area contributed by atoms with Gasteiger partial charge in [0.05, 0.1) is 11.4 Å². The standard InChI is InChI=1S/C18H13F3N4O/c1-10-8-16(17(26)23-14-5-3-2-4-12(14)20)25-18(22-10)24-15-7-6-11(19)9-13(15)21/h2-9H,1H3,(H,23,26)(H,22,24,25). The van der Waals surface area contributed by atoms with Gasteiger partial charge >= 0.3 is 0 Å². The van der Waals surface area contributed by atoms with E-state index < -0.39 is 23.4 Å². The van der Waals surface area contributed by atoms with Crippen LogP contribution in [0.2, 0.25) is 0 Å². The van der Waals surface area contributed by atoms with Gasteiger partial charge in [-0.15, -0.1) is 0 Å². The molecule has 132 valence electrons. The van der Waals surface area contributed by atoms with E-state index >= 15 is 0 Å². The summed E-state index contributed by atoms with van der Waals surface area (Å²) in [5.74, 6) is -2.83. The lowest BCUT2D eigenvalue weighted by molar-refractivity contribution is 0.102. The Hall–Kier alpha value is -3.42. The van der Waals surface area contributed by atoms with Gasteiger partial charge in [0.15, 0.2) is 0 Å². The highest BCUT2D eigenvalue weighted by molar-refractivity contribution is 6.03. The minimum absolute atomic E-state index is 0.00727. The lowest BCUT2D eigenvalue weighted by atomic mass is 10.2. The normalized spacial score (nSPS) is 10.5. The van der Waals surface area contributed by atoms with Crippen LogP contribution in [-0.2, 0) is 0 Å². The number of anilines is 3. The van der Waals surface area contributed by atoms with Crippen molar-refractivity contribution in [3.63, 3.8) is 0 Å². The summed E-state index contributed by atoms with van der Waals surface area (Å²) in [4.78, 5) is 20.4. The zero-order valence-electron chi connectivity index (χ0n) is 13.6. The minimum atomic E-state index is -0.826. The fourth-order valence-electron chi connectivity index (χ4n) is 2.20. The minimum Gasteiger partial charge on any atom is -0.322 e. The van der Waals surface area contributed by atoms with Crippen LogP contribution in [0.1, 0.15) is 16.2 Å². The van der Waals surface area contributed by atoms with Gasteiger partial charge in [-0.05, 0) is 37.3 Å². The molecule has 0 spiro atoms. The topological polar surface area (TPSA) is 66.9 Å². The van der Waals surface area contributed by atoms with Gasteiger partial charge in [0.2, 0.25) is 5.95 Å². The van der Waals surface area contributed by atoms with Crippen molar-refractivity contribution >= 4 is 23.2 Å².